The van der Waals surface area contributed by atoms with Crippen LogP contribution in [-0.4, -0.2) is 77.7 Å². The second-order valence-electron chi connectivity index (χ2n) is 17.4. The molecule has 9 rings (SSSR count). The molecule has 0 radical (unpaired) electrons. The molecule has 0 amide bonds. The summed E-state index contributed by atoms with van der Waals surface area (Å²) < 4.78 is 30.0. The van der Waals surface area contributed by atoms with Gasteiger partial charge in [0, 0.05) is 94.5 Å². The summed E-state index contributed by atoms with van der Waals surface area (Å²) in [5.41, 5.74) is 6.51. The Bertz CT molecular complexity index is 3650. The van der Waals surface area contributed by atoms with E-state index in [0.29, 0.717) is 49.0 Å². The summed E-state index contributed by atoms with van der Waals surface area (Å²) in [5, 5.41) is 42.9. The maximum absolute atomic E-state index is 12.6. The van der Waals surface area contributed by atoms with Gasteiger partial charge in [-0.15, -0.1) is 0 Å². The summed E-state index contributed by atoms with van der Waals surface area (Å²) >= 11 is 31.1. The number of aromatic nitrogens is 6. The molecule has 494 valence electrons. The van der Waals surface area contributed by atoms with E-state index in [4.69, 9.17) is 59.1 Å². The maximum atomic E-state index is 12.6. The number of phenols is 1. The van der Waals surface area contributed by atoms with Crippen LogP contribution in [0, 0.1) is 0 Å². The molecule has 2 N–H and O–H groups in total. The van der Waals surface area contributed by atoms with Crippen molar-refractivity contribution >= 4 is 123 Å². The van der Waals surface area contributed by atoms with Crippen LogP contribution in [0.4, 0.5) is 0 Å². The molecule has 3 atom stereocenters. The third-order valence-electron chi connectivity index (χ3n) is 11.7. The molecule has 93 heavy (non-hydrogen) atoms. The first-order valence-electron chi connectivity index (χ1n) is 25.9. The van der Waals surface area contributed by atoms with E-state index in [0.717, 1.165) is 61.1 Å². The molecule has 0 saturated carbocycles. The zero-order valence-electron chi connectivity index (χ0n) is 49.5. The number of aromatic hydroxyl groups is 1. The predicted molar refractivity (Wildman–Crippen MR) is 376 cm³/mol. The Morgan fingerprint density at radius 2 is 0.882 bits per heavy atom. The van der Waals surface area contributed by atoms with Gasteiger partial charge in [-0.25, -0.2) is 9.59 Å². The van der Waals surface area contributed by atoms with Crippen molar-refractivity contribution in [3.8, 4) is 51.0 Å². The molecular weight excluding hydrogens is 1570 g/mol. The molecular formula is C66H77Br4Cl3K2N6O12. The zero-order valence-corrected chi connectivity index (χ0v) is 63.4. The number of hydrogen-bond acceptors (Lipinski definition) is 14. The summed E-state index contributed by atoms with van der Waals surface area (Å²) in [6, 6.07) is 42.5. The SMILES string of the molecule is C.C.C.C.C.CCOC(=O)C(Oc1ccc(Br)cc1-c1ccn(CC)n1)c1ccc(Cl)cc1.CCn1ccc(-c2cc(Br)ccc2O)n1.CCn1ccc(-c2cc(Br)ccc2OC(C(=O)O)c2ccc(Cl)cc2)n1.COC(=O)C(Br)c1ccc(Cl)cc1.O=CO[O-].[H-].[K+].[K+]. The number of benzene rings is 6. The Morgan fingerprint density at radius 1 is 0.548 bits per heavy atom. The van der Waals surface area contributed by atoms with E-state index in [1.165, 1.54) is 7.11 Å². The molecule has 3 unspecified atom stereocenters. The van der Waals surface area contributed by atoms with Gasteiger partial charge in [0.15, 0.2) is 0 Å². The van der Waals surface area contributed by atoms with Crippen LogP contribution >= 0.6 is 98.5 Å². The maximum Gasteiger partial charge on any atom is 1.00 e. The molecule has 0 saturated heterocycles. The fraction of sp³-hybridized carbons (Fsp3) is 0.258. The first kappa shape index (κ1) is 93.4. The number of carbonyl (C=O) groups excluding carboxylic acids is 3. The molecule has 0 spiro atoms. The number of rotatable bonds is 18. The van der Waals surface area contributed by atoms with Crippen molar-refractivity contribution in [1.82, 2.24) is 29.3 Å². The van der Waals surface area contributed by atoms with Gasteiger partial charge in [-0.3, -0.25) is 23.6 Å². The number of carboxylic acids is 1. The molecule has 0 bridgehead atoms. The van der Waals surface area contributed by atoms with E-state index >= 15 is 0 Å². The number of methoxy groups -OCH3 is 1. The molecule has 27 heteroatoms. The summed E-state index contributed by atoms with van der Waals surface area (Å²) in [5.74, 6) is -0.630. The monoisotopic (exact) mass is 1640 g/mol. The topological polar surface area (TPSA) is 231 Å². The van der Waals surface area contributed by atoms with Crippen molar-refractivity contribution in [2.45, 2.75) is 101 Å². The van der Waals surface area contributed by atoms with Crippen LogP contribution in [0.1, 0.15) is 100.0 Å². The summed E-state index contributed by atoms with van der Waals surface area (Å²) in [7, 11) is 1.35. The average molecular weight is 1650 g/mol. The van der Waals surface area contributed by atoms with Crippen LogP contribution in [0.15, 0.2) is 178 Å². The van der Waals surface area contributed by atoms with Crippen molar-refractivity contribution in [2.75, 3.05) is 13.7 Å². The molecule has 0 aliphatic heterocycles. The van der Waals surface area contributed by atoms with Crippen LogP contribution in [0.25, 0.3) is 33.8 Å². The van der Waals surface area contributed by atoms with Crippen LogP contribution in [0.5, 0.6) is 17.2 Å². The number of alkyl halides is 1. The first-order chi connectivity index (χ1) is 41.2. The Kier molecular flexibility index (Phi) is 49.1. The third-order valence-corrected chi connectivity index (χ3v) is 14.9. The molecule has 18 nitrogen and oxygen atoms in total. The Hall–Kier alpha value is -3.75. The van der Waals surface area contributed by atoms with Gasteiger partial charge in [0.25, 0.3) is 6.47 Å². The normalized spacial score (nSPS) is 10.5. The quantitative estimate of drug-likeness (QED) is 0.0203. The molecule has 0 aliphatic carbocycles. The van der Waals surface area contributed by atoms with Gasteiger partial charge in [-0.2, -0.15) is 15.3 Å². The summed E-state index contributed by atoms with van der Waals surface area (Å²) in [6.45, 7) is 10.2. The van der Waals surface area contributed by atoms with Crippen LogP contribution in [-0.2, 0) is 53.2 Å². The minimum absolute atomic E-state index is 0. The van der Waals surface area contributed by atoms with Gasteiger partial charge in [-0.1, -0.05) is 172 Å². The number of nitrogens with zero attached hydrogens (tertiary/aromatic N) is 6. The van der Waals surface area contributed by atoms with Gasteiger partial charge < -0.3 is 40.7 Å². The number of phenolic OH excluding ortho intramolecular Hbond substituents is 1. The largest absolute Gasteiger partial charge is 1.00 e. The van der Waals surface area contributed by atoms with Crippen molar-refractivity contribution in [1.29, 1.82) is 0 Å². The second-order valence-corrected chi connectivity index (χ2v) is 22.4. The van der Waals surface area contributed by atoms with E-state index in [9.17, 15) is 24.6 Å². The summed E-state index contributed by atoms with van der Waals surface area (Å²) in [4.78, 5) is 46.3. The average Bonchev–Trinajstić information content (AvgIpc) is 1.43. The van der Waals surface area contributed by atoms with Crippen molar-refractivity contribution in [2.24, 2.45) is 0 Å². The van der Waals surface area contributed by atoms with Gasteiger partial charge in [0.1, 0.15) is 22.1 Å². The number of aryl methyl sites for hydroxylation is 3. The summed E-state index contributed by atoms with van der Waals surface area (Å²) in [6.07, 6.45) is 3.61. The number of halogens is 7. The fourth-order valence-electron chi connectivity index (χ4n) is 7.50. The van der Waals surface area contributed by atoms with Gasteiger partial charge in [-0.05, 0) is 142 Å². The van der Waals surface area contributed by atoms with E-state index in [2.05, 4.69) is 88.6 Å². The predicted octanol–water partition coefficient (Wildman–Crippen LogP) is 12.6. The Labute approximate surface area is 681 Å². The van der Waals surface area contributed by atoms with Crippen LogP contribution < -0.4 is 118 Å². The number of carbonyl (C=O) groups is 4. The number of aliphatic carboxylic acids is 1. The molecule has 0 fully saturated rings. The smallest absolute Gasteiger partial charge is 1.00 e. The van der Waals surface area contributed by atoms with E-state index in [1.54, 1.807) is 109 Å². The van der Waals surface area contributed by atoms with Crippen LogP contribution in [0.3, 0.4) is 0 Å². The number of ether oxygens (including phenoxy) is 4. The van der Waals surface area contributed by atoms with Crippen LogP contribution in [0.2, 0.25) is 15.1 Å². The number of hydrogen-bond donors (Lipinski definition) is 2. The third kappa shape index (κ3) is 29.9. The molecule has 3 aromatic heterocycles. The van der Waals surface area contributed by atoms with E-state index < -0.39 is 29.0 Å². The zero-order chi connectivity index (χ0) is 62.9. The minimum Gasteiger partial charge on any atom is -1.00 e. The number of carboxylic acid groups (broad SMARTS) is 1. The molecule has 3 heterocycles. The standard InChI is InChI=1S/C21H20BrClN2O3.C19H16BrClN2O3.C11H11BrN2O.C9H8BrClO2.CH2O3.5CH4.2K.H/c1-3-25-12-11-18(24-25)17-13-15(22)7-10-19(17)28-20(21(26)27-4-2)14-5-8-16(23)9-6-14;1-2-23-10-9-16(22-23)15-11-13(20)5-8-17(15)26-18(19(24)25)12-3-6-14(21)7-4-12;1-2-14-6-5-10(13-14)9-7-8(12)3-4-11(9)15;1-13-9(12)8(10)6-2-4-7(11)5-3-6;2-1-4-3;;;;;;;;/h5-13,20H,3-4H2,1-2H3;3-11,18H,2H2,1H3,(H,24,25);3-7,15H,2H2,1H3;2-5,8H,1H3;1,3H;5*1H4;;;/q;;;;;;;;;;2*+1;-1/p-1. The van der Waals surface area contributed by atoms with E-state index in [-0.39, 0.29) is 166 Å². The number of esters is 2. The van der Waals surface area contributed by atoms with Crippen molar-refractivity contribution in [3.63, 3.8) is 0 Å². The van der Waals surface area contributed by atoms with Gasteiger partial charge in [0.2, 0.25) is 12.2 Å². The molecule has 9 aromatic rings. The van der Waals surface area contributed by atoms with Gasteiger partial charge >= 0.3 is 121 Å². The first-order valence-corrected chi connectivity index (χ1v) is 30.3. The van der Waals surface area contributed by atoms with Gasteiger partial charge in [0.05, 0.1) is 30.8 Å². The molecule has 6 aromatic carbocycles. The van der Waals surface area contributed by atoms with Crippen molar-refractivity contribution in [3.05, 3.63) is 209 Å². The van der Waals surface area contributed by atoms with E-state index in [1.807, 2.05) is 97.3 Å². The molecule has 0 aliphatic rings. The second kappa shape index (κ2) is 48.9. The minimum atomic E-state index is -1.15. The van der Waals surface area contributed by atoms with Crippen molar-refractivity contribution < 1.29 is 163 Å². The Morgan fingerprint density at radius 3 is 1.22 bits per heavy atom. The fourth-order valence-corrected chi connectivity index (χ4v) is 9.45. The Balaban J connectivity index is -0.000000568.